The van der Waals surface area contributed by atoms with Crippen LogP contribution in [-0.4, -0.2) is 66.9 Å². The zero-order valence-electron chi connectivity index (χ0n) is 19.2. The Hall–Kier alpha value is -3.72. The minimum atomic E-state index is -0.451. The summed E-state index contributed by atoms with van der Waals surface area (Å²) >= 11 is 0. The van der Waals surface area contributed by atoms with Crippen LogP contribution in [0.5, 0.6) is 0 Å². The van der Waals surface area contributed by atoms with Crippen LogP contribution in [0.4, 0.5) is 10.1 Å². The number of ether oxygens (including phenoxy) is 1. The number of anilines is 1. The van der Waals surface area contributed by atoms with Crippen molar-refractivity contribution < 1.29 is 27.9 Å². The summed E-state index contributed by atoms with van der Waals surface area (Å²) in [5, 5.41) is 3.58. The number of para-hydroxylation sites is 1. The van der Waals surface area contributed by atoms with Gasteiger partial charge in [0.15, 0.2) is 0 Å². The summed E-state index contributed by atoms with van der Waals surface area (Å²) < 4.78 is 24.5. The predicted octanol–water partition coefficient (Wildman–Crippen LogP) is 3.54. The lowest BCUT2D eigenvalue weighted by atomic mass is 9.96. The molecule has 5 rings (SSSR count). The summed E-state index contributed by atoms with van der Waals surface area (Å²) in [5.74, 6) is -1.57. The highest BCUT2D eigenvalue weighted by Crippen LogP contribution is 2.33. The number of fused-ring (bicyclic) bond motifs is 1. The Morgan fingerprint density at radius 2 is 1.66 bits per heavy atom. The molecule has 2 fully saturated rings. The fourth-order valence-electron chi connectivity index (χ4n) is 4.61. The largest absolute Gasteiger partial charge is 0.449 e. The lowest BCUT2D eigenvalue weighted by Gasteiger charge is -2.32. The van der Waals surface area contributed by atoms with Crippen LogP contribution in [-0.2, 0) is 9.53 Å². The van der Waals surface area contributed by atoms with Crippen LogP contribution >= 0.6 is 0 Å². The smallest absolute Gasteiger partial charge is 0.291 e. The maximum Gasteiger partial charge on any atom is 0.291 e. The van der Waals surface area contributed by atoms with Crippen molar-refractivity contribution in [2.45, 2.75) is 12.8 Å². The summed E-state index contributed by atoms with van der Waals surface area (Å²) in [6, 6.07) is 12.6. The van der Waals surface area contributed by atoms with Crippen LogP contribution in [0.15, 0.2) is 52.9 Å². The van der Waals surface area contributed by atoms with Gasteiger partial charge in [-0.2, -0.15) is 0 Å². The Morgan fingerprint density at radius 3 is 2.43 bits per heavy atom. The number of halogens is 1. The second-order valence-corrected chi connectivity index (χ2v) is 8.79. The Labute approximate surface area is 201 Å². The normalized spacial score (nSPS) is 18.5. The molecule has 2 aromatic carbocycles. The van der Waals surface area contributed by atoms with Crippen molar-refractivity contribution >= 4 is 34.4 Å². The van der Waals surface area contributed by atoms with E-state index in [0.717, 1.165) is 0 Å². The van der Waals surface area contributed by atoms with E-state index < -0.39 is 11.7 Å². The van der Waals surface area contributed by atoms with E-state index in [-0.39, 0.29) is 30.0 Å². The zero-order chi connectivity index (χ0) is 24.4. The number of piperidine rings is 1. The summed E-state index contributed by atoms with van der Waals surface area (Å²) in [6.45, 7) is 2.57. The quantitative estimate of drug-likeness (QED) is 0.618. The number of hydrogen-bond donors (Lipinski definition) is 1. The summed E-state index contributed by atoms with van der Waals surface area (Å²) in [5.41, 5.74) is 1.24. The molecule has 2 aliphatic rings. The topological polar surface area (TPSA) is 92.1 Å². The second-order valence-electron chi connectivity index (χ2n) is 8.79. The molecule has 1 unspecified atom stereocenters. The number of hydrogen-bond acceptors (Lipinski definition) is 5. The molecule has 0 spiro atoms. The van der Waals surface area contributed by atoms with Crippen molar-refractivity contribution in [2.24, 2.45) is 5.92 Å². The summed E-state index contributed by atoms with van der Waals surface area (Å²) in [6.07, 6.45) is 1.28. The number of carbonyl (C=O) groups is 3. The average molecular weight is 480 g/mol. The number of rotatable bonds is 4. The van der Waals surface area contributed by atoms with Crippen LogP contribution in [0, 0.1) is 11.7 Å². The van der Waals surface area contributed by atoms with E-state index in [0.29, 0.717) is 67.9 Å². The fourth-order valence-corrected chi connectivity index (χ4v) is 4.61. The molecule has 0 bridgehead atoms. The molecule has 3 aromatic rings. The molecule has 9 heteroatoms. The van der Waals surface area contributed by atoms with Gasteiger partial charge in [0.2, 0.25) is 11.7 Å². The second kappa shape index (κ2) is 9.87. The van der Waals surface area contributed by atoms with E-state index >= 15 is 0 Å². The van der Waals surface area contributed by atoms with Crippen molar-refractivity contribution in [3.8, 4) is 0 Å². The molecule has 0 saturated carbocycles. The Morgan fingerprint density at radius 1 is 0.914 bits per heavy atom. The minimum absolute atomic E-state index is 0.0940. The molecule has 8 nitrogen and oxygen atoms in total. The molecule has 182 valence electrons. The predicted molar refractivity (Wildman–Crippen MR) is 127 cm³/mol. The van der Waals surface area contributed by atoms with E-state index in [1.807, 2.05) is 6.07 Å². The van der Waals surface area contributed by atoms with Gasteiger partial charge in [0.05, 0.1) is 19.1 Å². The molecule has 35 heavy (non-hydrogen) atoms. The molecule has 3 amide bonds. The van der Waals surface area contributed by atoms with Crippen molar-refractivity contribution in [3.05, 3.63) is 65.7 Å². The number of nitrogens with one attached hydrogen (secondary N) is 1. The van der Waals surface area contributed by atoms with Gasteiger partial charge in [-0.3, -0.25) is 14.4 Å². The van der Waals surface area contributed by atoms with Gasteiger partial charge in [0.25, 0.3) is 11.8 Å². The van der Waals surface area contributed by atoms with E-state index in [1.54, 1.807) is 28.0 Å². The van der Waals surface area contributed by atoms with Gasteiger partial charge in [-0.15, -0.1) is 0 Å². The highest BCUT2D eigenvalue weighted by molar-refractivity contribution is 6.11. The van der Waals surface area contributed by atoms with E-state index in [9.17, 15) is 18.8 Å². The molecule has 1 atom stereocenters. The van der Waals surface area contributed by atoms with Crippen molar-refractivity contribution in [2.75, 3.05) is 44.7 Å². The van der Waals surface area contributed by atoms with Crippen molar-refractivity contribution in [3.63, 3.8) is 0 Å². The third kappa shape index (κ3) is 4.77. The van der Waals surface area contributed by atoms with Crippen LogP contribution in [0.2, 0.25) is 0 Å². The Kier molecular flexibility index (Phi) is 6.50. The maximum atomic E-state index is 13.3. The highest BCUT2D eigenvalue weighted by Gasteiger charge is 2.32. The molecular weight excluding hydrogens is 453 g/mol. The SMILES string of the molecule is O=C(Nc1c(C(=O)N2CCOCC2)oc2ccccc12)C1CCCN(C(=O)c2ccc(F)cc2)C1. The zero-order valence-corrected chi connectivity index (χ0v) is 19.2. The molecule has 0 radical (unpaired) electrons. The molecule has 3 heterocycles. The maximum absolute atomic E-state index is 13.3. The van der Waals surface area contributed by atoms with Gasteiger partial charge in [-0.1, -0.05) is 12.1 Å². The molecule has 1 aromatic heterocycles. The highest BCUT2D eigenvalue weighted by atomic mass is 19.1. The van der Waals surface area contributed by atoms with E-state index in [4.69, 9.17) is 9.15 Å². The van der Waals surface area contributed by atoms with E-state index in [1.165, 1.54) is 24.3 Å². The van der Waals surface area contributed by atoms with Crippen LogP contribution < -0.4 is 5.32 Å². The number of benzene rings is 2. The number of carbonyl (C=O) groups excluding carboxylic acids is 3. The number of morpholine rings is 1. The van der Waals surface area contributed by atoms with Gasteiger partial charge < -0.3 is 24.3 Å². The first-order chi connectivity index (χ1) is 17.0. The van der Waals surface area contributed by atoms with Crippen LogP contribution in [0.1, 0.15) is 33.8 Å². The number of furan rings is 1. The van der Waals surface area contributed by atoms with Gasteiger partial charge >= 0.3 is 0 Å². The van der Waals surface area contributed by atoms with Gasteiger partial charge in [0.1, 0.15) is 17.1 Å². The standard InChI is InChI=1S/C26H26FN3O5/c27-19-9-7-17(8-10-19)25(32)30-11-3-4-18(16-30)24(31)28-22-20-5-1-2-6-21(20)35-23(22)26(33)29-12-14-34-15-13-29/h1-2,5-10,18H,3-4,11-16H2,(H,28,31). The molecule has 1 N–H and O–H groups in total. The Bertz CT molecular complexity index is 1250. The van der Waals surface area contributed by atoms with Crippen molar-refractivity contribution in [1.82, 2.24) is 9.80 Å². The minimum Gasteiger partial charge on any atom is -0.449 e. The number of likely N-dealkylation sites (tertiary alicyclic amines) is 1. The third-order valence-electron chi connectivity index (χ3n) is 6.51. The summed E-state index contributed by atoms with van der Waals surface area (Å²) in [4.78, 5) is 42.7. The fraction of sp³-hybridized carbons (Fsp3) is 0.346. The molecule has 0 aliphatic carbocycles. The van der Waals surface area contributed by atoms with Gasteiger partial charge in [-0.05, 0) is 49.2 Å². The third-order valence-corrected chi connectivity index (χ3v) is 6.51. The first-order valence-electron chi connectivity index (χ1n) is 11.8. The van der Waals surface area contributed by atoms with Gasteiger partial charge in [-0.25, -0.2) is 4.39 Å². The number of amides is 3. The number of nitrogens with zero attached hydrogens (tertiary/aromatic N) is 2. The van der Waals surface area contributed by atoms with Crippen LogP contribution in [0.25, 0.3) is 11.0 Å². The van der Waals surface area contributed by atoms with Crippen LogP contribution in [0.3, 0.4) is 0 Å². The molecule has 2 aliphatic heterocycles. The average Bonchev–Trinajstić information content (AvgIpc) is 3.27. The monoisotopic (exact) mass is 479 g/mol. The van der Waals surface area contributed by atoms with Gasteiger partial charge in [0, 0.05) is 37.1 Å². The summed E-state index contributed by atoms with van der Waals surface area (Å²) in [7, 11) is 0. The molecular formula is C26H26FN3O5. The lowest BCUT2D eigenvalue weighted by molar-refractivity contribution is -0.121. The molecule has 2 saturated heterocycles. The van der Waals surface area contributed by atoms with E-state index in [2.05, 4.69) is 5.32 Å². The van der Waals surface area contributed by atoms with Crippen molar-refractivity contribution in [1.29, 1.82) is 0 Å². The first-order valence-corrected chi connectivity index (χ1v) is 11.8. The Balaban J connectivity index is 1.35. The lowest BCUT2D eigenvalue weighted by Crippen LogP contribution is -2.44. The first kappa shape index (κ1) is 23.0.